The lowest BCUT2D eigenvalue weighted by Gasteiger charge is -2.03. The van der Waals surface area contributed by atoms with Gasteiger partial charge in [-0.25, -0.2) is 4.79 Å². The van der Waals surface area contributed by atoms with Gasteiger partial charge < -0.3 is 15.0 Å². The van der Waals surface area contributed by atoms with E-state index in [2.05, 4.69) is 4.74 Å². The van der Waals surface area contributed by atoms with Gasteiger partial charge in [-0.15, -0.1) is 0 Å². The van der Waals surface area contributed by atoms with Crippen LogP contribution in [0.2, 0.25) is 0 Å². The van der Waals surface area contributed by atoms with E-state index in [1.165, 1.54) is 7.11 Å². The summed E-state index contributed by atoms with van der Waals surface area (Å²) in [5.74, 6) is -0.475. The normalized spacial score (nSPS) is 13.3. The number of rotatable bonds is 1. The number of nitrogens with zero attached hydrogens (tertiary/aromatic N) is 2. The predicted molar refractivity (Wildman–Crippen MR) is 53.2 cm³/mol. The molecule has 15 heavy (non-hydrogen) atoms. The second kappa shape index (κ2) is 3.31. The van der Waals surface area contributed by atoms with E-state index in [0.29, 0.717) is 11.3 Å². The molecule has 5 nitrogen and oxygen atoms in total. The number of methoxy groups -OCH3 is 1. The Bertz CT molecular complexity index is 468. The van der Waals surface area contributed by atoms with Crippen molar-refractivity contribution in [2.75, 3.05) is 12.8 Å². The van der Waals surface area contributed by atoms with Gasteiger partial charge in [0, 0.05) is 12.2 Å². The number of ether oxygens (including phenoxy) is 1. The fourth-order valence-corrected chi connectivity index (χ4v) is 2.04. The van der Waals surface area contributed by atoms with Crippen molar-refractivity contribution in [1.82, 2.24) is 4.57 Å². The van der Waals surface area contributed by atoms with Gasteiger partial charge in [0.15, 0.2) is 5.69 Å². The Morgan fingerprint density at radius 1 is 1.67 bits per heavy atom. The SMILES string of the molecule is COC(=O)c1c(N)c(C#N)c2n1CCC2. The van der Waals surface area contributed by atoms with Crippen LogP contribution in [0.3, 0.4) is 0 Å². The highest BCUT2D eigenvalue weighted by atomic mass is 16.5. The van der Waals surface area contributed by atoms with Crippen molar-refractivity contribution in [2.24, 2.45) is 0 Å². The van der Waals surface area contributed by atoms with Crippen LogP contribution in [-0.2, 0) is 17.7 Å². The lowest BCUT2D eigenvalue weighted by Crippen LogP contribution is -2.11. The first-order valence-corrected chi connectivity index (χ1v) is 4.70. The van der Waals surface area contributed by atoms with Gasteiger partial charge in [-0.3, -0.25) is 0 Å². The number of nitrogen functional groups attached to an aromatic ring is 1. The molecule has 0 amide bonds. The first-order valence-electron chi connectivity index (χ1n) is 4.70. The molecule has 2 rings (SSSR count). The molecule has 0 radical (unpaired) electrons. The molecule has 78 valence electrons. The molecule has 0 bridgehead atoms. The Labute approximate surface area is 87.0 Å². The van der Waals surface area contributed by atoms with Gasteiger partial charge in [0.05, 0.1) is 18.4 Å². The highest BCUT2D eigenvalue weighted by Gasteiger charge is 2.28. The monoisotopic (exact) mass is 205 g/mol. The predicted octanol–water partition coefficient (Wildman–Crippen LogP) is 0.675. The van der Waals surface area contributed by atoms with E-state index in [0.717, 1.165) is 25.1 Å². The third kappa shape index (κ3) is 1.18. The van der Waals surface area contributed by atoms with Crippen LogP contribution < -0.4 is 5.73 Å². The first-order chi connectivity index (χ1) is 7.20. The van der Waals surface area contributed by atoms with E-state index >= 15 is 0 Å². The molecule has 1 aliphatic rings. The van der Waals surface area contributed by atoms with E-state index in [4.69, 9.17) is 11.0 Å². The molecule has 0 unspecified atom stereocenters. The first kappa shape index (κ1) is 9.59. The topological polar surface area (TPSA) is 81.0 Å². The average molecular weight is 205 g/mol. The maximum absolute atomic E-state index is 11.5. The molecule has 0 fully saturated rings. The number of esters is 1. The average Bonchev–Trinajstić information content (AvgIpc) is 2.76. The molecule has 1 aliphatic heterocycles. The summed E-state index contributed by atoms with van der Waals surface area (Å²) in [6, 6.07) is 2.04. The lowest BCUT2D eigenvalue weighted by atomic mass is 10.1. The zero-order valence-electron chi connectivity index (χ0n) is 8.41. The zero-order chi connectivity index (χ0) is 11.0. The number of hydrogen-bond acceptors (Lipinski definition) is 4. The van der Waals surface area contributed by atoms with Gasteiger partial charge in [0.25, 0.3) is 0 Å². The third-order valence-corrected chi connectivity index (χ3v) is 2.69. The molecular weight excluding hydrogens is 194 g/mol. The van der Waals surface area contributed by atoms with Gasteiger partial charge in [-0.05, 0) is 12.8 Å². The van der Waals surface area contributed by atoms with Gasteiger partial charge >= 0.3 is 5.97 Å². The Morgan fingerprint density at radius 3 is 3.00 bits per heavy atom. The largest absolute Gasteiger partial charge is 0.464 e. The number of carbonyl (C=O) groups excluding carboxylic acids is 1. The number of anilines is 1. The molecule has 2 N–H and O–H groups in total. The third-order valence-electron chi connectivity index (χ3n) is 2.69. The molecule has 1 aromatic heterocycles. The van der Waals surface area contributed by atoms with Gasteiger partial charge in [-0.1, -0.05) is 0 Å². The van der Waals surface area contributed by atoms with E-state index in [1.807, 2.05) is 6.07 Å². The summed E-state index contributed by atoms with van der Waals surface area (Å²) in [5, 5.41) is 8.95. The summed E-state index contributed by atoms with van der Waals surface area (Å²) in [6.07, 6.45) is 1.73. The van der Waals surface area contributed by atoms with Crippen LogP contribution in [0.15, 0.2) is 0 Å². The number of nitrogens with two attached hydrogens (primary N) is 1. The molecule has 1 aromatic rings. The van der Waals surface area contributed by atoms with Crippen molar-refractivity contribution in [1.29, 1.82) is 5.26 Å². The maximum atomic E-state index is 11.5. The van der Waals surface area contributed by atoms with Crippen molar-refractivity contribution in [3.63, 3.8) is 0 Å². The van der Waals surface area contributed by atoms with E-state index in [-0.39, 0.29) is 5.69 Å². The van der Waals surface area contributed by atoms with E-state index < -0.39 is 5.97 Å². The quantitative estimate of drug-likeness (QED) is 0.683. The summed E-state index contributed by atoms with van der Waals surface area (Å²) in [4.78, 5) is 11.5. The molecule has 0 saturated carbocycles. The number of hydrogen-bond donors (Lipinski definition) is 1. The van der Waals surface area contributed by atoms with Crippen LogP contribution >= 0.6 is 0 Å². The second-order valence-corrected chi connectivity index (χ2v) is 3.44. The van der Waals surface area contributed by atoms with Crippen molar-refractivity contribution < 1.29 is 9.53 Å². The van der Waals surface area contributed by atoms with Crippen LogP contribution in [0.5, 0.6) is 0 Å². The molecule has 0 atom stereocenters. The van der Waals surface area contributed by atoms with Gasteiger partial charge in [0.2, 0.25) is 0 Å². The van der Waals surface area contributed by atoms with Crippen LogP contribution in [-0.4, -0.2) is 17.6 Å². The van der Waals surface area contributed by atoms with Crippen molar-refractivity contribution in [3.05, 3.63) is 17.0 Å². The minimum atomic E-state index is -0.475. The van der Waals surface area contributed by atoms with Crippen molar-refractivity contribution >= 4 is 11.7 Å². The second-order valence-electron chi connectivity index (χ2n) is 3.44. The van der Waals surface area contributed by atoms with E-state index in [9.17, 15) is 4.79 Å². The maximum Gasteiger partial charge on any atom is 0.356 e. The van der Waals surface area contributed by atoms with Crippen molar-refractivity contribution in [3.8, 4) is 6.07 Å². The van der Waals surface area contributed by atoms with Crippen LogP contribution in [0, 0.1) is 11.3 Å². The Kier molecular flexibility index (Phi) is 2.12. The molecule has 5 heteroatoms. The molecule has 2 heterocycles. The molecule has 0 spiro atoms. The summed E-state index contributed by atoms with van der Waals surface area (Å²) in [5.41, 5.74) is 7.61. The minimum Gasteiger partial charge on any atom is -0.464 e. The Balaban J connectivity index is 2.66. The Hall–Kier alpha value is -1.96. The van der Waals surface area contributed by atoms with Crippen LogP contribution in [0.1, 0.15) is 28.2 Å². The summed E-state index contributed by atoms with van der Waals surface area (Å²) >= 11 is 0. The summed E-state index contributed by atoms with van der Waals surface area (Å²) < 4.78 is 6.44. The smallest absolute Gasteiger partial charge is 0.356 e. The fourth-order valence-electron chi connectivity index (χ4n) is 2.04. The van der Waals surface area contributed by atoms with Gasteiger partial charge in [-0.2, -0.15) is 5.26 Å². The molecule has 0 saturated heterocycles. The fraction of sp³-hybridized carbons (Fsp3) is 0.400. The summed E-state index contributed by atoms with van der Waals surface area (Å²) in [7, 11) is 1.31. The van der Waals surface area contributed by atoms with Gasteiger partial charge in [0.1, 0.15) is 6.07 Å². The number of carbonyl (C=O) groups is 1. The minimum absolute atomic E-state index is 0.249. The standard InChI is InChI=1S/C10H11N3O2/c1-15-10(14)9-8(12)6(5-11)7-3-2-4-13(7)9/h2-4,12H2,1H3. The lowest BCUT2D eigenvalue weighted by molar-refractivity contribution is 0.0590. The van der Waals surface area contributed by atoms with Crippen molar-refractivity contribution in [2.45, 2.75) is 19.4 Å². The van der Waals surface area contributed by atoms with E-state index in [1.54, 1.807) is 4.57 Å². The number of aromatic nitrogens is 1. The highest BCUT2D eigenvalue weighted by molar-refractivity contribution is 5.95. The number of fused-ring (bicyclic) bond motifs is 1. The molecule has 0 aromatic carbocycles. The number of nitriles is 1. The molecule has 0 aliphatic carbocycles. The Morgan fingerprint density at radius 2 is 2.40 bits per heavy atom. The van der Waals surface area contributed by atoms with Crippen LogP contribution in [0.25, 0.3) is 0 Å². The highest BCUT2D eigenvalue weighted by Crippen LogP contribution is 2.30. The summed E-state index contributed by atoms with van der Waals surface area (Å²) in [6.45, 7) is 0.728. The van der Waals surface area contributed by atoms with Crippen LogP contribution in [0.4, 0.5) is 5.69 Å². The molecular formula is C10H11N3O2. The zero-order valence-corrected chi connectivity index (χ0v) is 8.41.